The first kappa shape index (κ1) is 10.4. The van der Waals surface area contributed by atoms with Gasteiger partial charge in [0.1, 0.15) is 3.61 Å². The predicted octanol–water partition coefficient (Wildman–Crippen LogP) is 3.72. The van der Waals surface area contributed by atoms with Crippen LogP contribution >= 0.6 is 22.6 Å². The first-order chi connectivity index (χ1) is 6.63. The molecule has 3 unspecified atom stereocenters. The van der Waals surface area contributed by atoms with E-state index in [0.29, 0.717) is 12.0 Å². The summed E-state index contributed by atoms with van der Waals surface area (Å²) in [5.74, 6) is 0.584. The van der Waals surface area contributed by atoms with E-state index in [4.69, 9.17) is 4.74 Å². The average molecular weight is 302 g/mol. The summed E-state index contributed by atoms with van der Waals surface area (Å²) in [6.07, 6.45) is 1.53. The Morgan fingerprint density at radius 2 is 1.93 bits per heavy atom. The summed E-state index contributed by atoms with van der Waals surface area (Å²) >= 11 is 2.45. The number of benzene rings is 1. The van der Waals surface area contributed by atoms with Crippen molar-refractivity contribution < 1.29 is 4.74 Å². The molecule has 0 aliphatic carbocycles. The fraction of sp³-hybridized carbons (Fsp3) is 0.500. The van der Waals surface area contributed by atoms with Crippen LogP contribution in [0.2, 0.25) is 0 Å². The first-order valence-electron chi connectivity index (χ1n) is 5.05. The van der Waals surface area contributed by atoms with Crippen LogP contribution in [0.1, 0.15) is 25.8 Å². The average Bonchev–Trinajstić information content (AvgIpc) is 2.43. The fourth-order valence-electron chi connectivity index (χ4n) is 2.12. The third kappa shape index (κ3) is 1.70. The van der Waals surface area contributed by atoms with Gasteiger partial charge in [-0.15, -0.1) is 0 Å². The van der Waals surface area contributed by atoms with Crippen LogP contribution < -0.4 is 0 Å². The van der Waals surface area contributed by atoms with E-state index in [1.807, 2.05) is 6.07 Å². The van der Waals surface area contributed by atoms with Crippen molar-refractivity contribution in [2.24, 2.45) is 5.92 Å². The van der Waals surface area contributed by atoms with Crippen LogP contribution in [0.3, 0.4) is 0 Å². The molecule has 0 N–H and O–H groups in total. The van der Waals surface area contributed by atoms with Crippen molar-refractivity contribution in [2.45, 2.75) is 30.0 Å². The van der Waals surface area contributed by atoms with Gasteiger partial charge in [-0.2, -0.15) is 0 Å². The van der Waals surface area contributed by atoms with Crippen LogP contribution in [0.25, 0.3) is 0 Å². The second-order valence-corrected chi connectivity index (χ2v) is 5.68. The fourth-order valence-corrected chi connectivity index (χ4v) is 3.17. The number of halogens is 1. The molecule has 76 valence electrons. The van der Waals surface area contributed by atoms with Crippen LogP contribution in [-0.4, -0.2) is 6.10 Å². The van der Waals surface area contributed by atoms with E-state index < -0.39 is 0 Å². The van der Waals surface area contributed by atoms with Gasteiger partial charge >= 0.3 is 0 Å². The number of hydrogen-bond donors (Lipinski definition) is 0. The third-order valence-electron chi connectivity index (χ3n) is 2.86. The molecule has 2 heteroatoms. The Kier molecular flexibility index (Phi) is 2.84. The molecule has 0 bridgehead atoms. The molecule has 1 fully saturated rings. The summed E-state index contributed by atoms with van der Waals surface area (Å²) in [7, 11) is 0. The lowest BCUT2D eigenvalue weighted by Gasteiger charge is -2.27. The maximum Gasteiger partial charge on any atom is 0.147 e. The van der Waals surface area contributed by atoms with Crippen LogP contribution in [0, 0.1) is 5.92 Å². The Bertz CT molecular complexity index is 311. The van der Waals surface area contributed by atoms with Gasteiger partial charge in [-0.05, 0) is 41.5 Å². The summed E-state index contributed by atoms with van der Waals surface area (Å²) < 4.78 is 5.92. The van der Waals surface area contributed by atoms with Gasteiger partial charge in [0, 0.05) is 5.92 Å². The summed E-state index contributed by atoms with van der Waals surface area (Å²) in [5, 5.41) is 0. The van der Waals surface area contributed by atoms with Crippen molar-refractivity contribution in [3.63, 3.8) is 0 Å². The SMILES string of the molecule is CC1CC(C)C(I)(c2ccccc2)O1. The van der Waals surface area contributed by atoms with Gasteiger partial charge in [0.05, 0.1) is 6.10 Å². The van der Waals surface area contributed by atoms with E-state index in [2.05, 4.69) is 60.7 Å². The van der Waals surface area contributed by atoms with Gasteiger partial charge in [-0.1, -0.05) is 37.3 Å². The standard InChI is InChI=1S/C12H15IO/c1-9-8-10(2)14-12(9,13)11-6-4-3-5-7-11/h3-7,9-10H,8H2,1-2H3. The molecular formula is C12H15IO. The van der Waals surface area contributed by atoms with E-state index >= 15 is 0 Å². The molecule has 3 atom stereocenters. The van der Waals surface area contributed by atoms with E-state index in [0.717, 1.165) is 6.42 Å². The van der Waals surface area contributed by atoms with Gasteiger partial charge < -0.3 is 4.74 Å². The number of ether oxygens (including phenoxy) is 1. The third-order valence-corrected chi connectivity index (χ3v) is 4.80. The van der Waals surface area contributed by atoms with E-state index in [-0.39, 0.29) is 3.61 Å². The summed E-state index contributed by atoms with van der Waals surface area (Å²) in [6, 6.07) is 10.5. The van der Waals surface area contributed by atoms with Gasteiger partial charge in [-0.3, -0.25) is 0 Å². The Morgan fingerprint density at radius 1 is 1.29 bits per heavy atom. The van der Waals surface area contributed by atoms with Crippen molar-refractivity contribution >= 4 is 22.6 Å². The summed E-state index contributed by atoms with van der Waals surface area (Å²) in [4.78, 5) is 0. The quantitative estimate of drug-likeness (QED) is 0.567. The largest absolute Gasteiger partial charge is 0.357 e. The molecule has 1 nitrogen and oxygen atoms in total. The minimum atomic E-state index is -0.113. The number of hydrogen-bond acceptors (Lipinski definition) is 1. The molecular weight excluding hydrogens is 287 g/mol. The molecule has 0 amide bonds. The van der Waals surface area contributed by atoms with Gasteiger partial charge in [0.15, 0.2) is 0 Å². The highest BCUT2D eigenvalue weighted by atomic mass is 127. The van der Waals surface area contributed by atoms with E-state index in [1.54, 1.807) is 0 Å². The maximum atomic E-state index is 6.03. The molecule has 1 aromatic rings. The van der Waals surface area contributed by atoms with Crippen molar-refractivity contribution in [1.82, 2.24) is 0 Å². The zero-order valence-electron chi connectivity index (χ0n) is 8.53. The highest BCUT2D eigenvalue weighted by Gasteiger charge is 2.43. The maximum absolute atomic E-state index is 6.03. The highest BCUT2D eigenvalue weighted by molar-refractivity contribution is 14.1. The Balaban J connectivity index is 2.33. The lowest BCUT2D eigenvalue weighted by molar-refractivity contribution is 0.0307. The van der Waals surface area contributed by atoms with E-state index in [9.17, 15) is 0 Å². The number of alkyl halides is 1. The normalized spacial score (nSPS) is 37.4. The smallest absolute Gasteiger partial charge is 0.147 e. The van der Waals surface area contributed by atoms with Crippen LogP contribution in [0.5, 0.6) is 0 Å². The van der Waals surface area contributed by atoms with Gasteiger partial charge in [-0.25, -0.2) is 0 Å². The molecule has 1 saturated heterocycles. The van der Waals surface area contributed by atoms with Crippen LogP contribution in [0.4, 0.5) is 0 Å². The zero-order valence-corrected chi connectivity index (χ0v) is 10.7. The molecule has 0 aromatic heterocycles. The van der Waals surface area contributed by atoms with E-state index in [1.165, 1.54) is 5.56 Å². The van der Waals surface area contributed by atoms with Crippen molar-refractivity contribution in [1.29, 1.82) is 0 Å². The second kappa shape index (κ2) is 3.81. The molecule has 1 aliphatic rings. The van der Waals surface area contributed by atoms with Gasteiger partial charge in [0.2, 0.25) is 0 Å². The van der Waals surface area contributed by atoms with Gasteiger partial charge in [0.25, 0.3) is 0 Å². The molecule has 0 saturated carbocycles. The monoisotopic (exact) mass is 302 g/mol. The van der Waals surface area contributed by atoms with Crippen molar-refractivity contribution in [2.75, 3.05) is 0 Å². The Morgan fingerprint density at radius 3 is 2.43 bits per heavy atom. The zero-order chi connectivity index (χ0) is 10.2. The number of rotatable bonds is 1. The molecule has 14 heavy (non-hydrogen) atoms. The van der Waals surface area contributed by atoms with Crippen molar-refractivity contribution in [3.05, 3.63) is 35.9 Å². The van der Waals surface area contributed by atoms with Crippen LogP contribution in [0.15, 0.2) is 30.3 Å². The van der Waals surface area contributed by atoms with Crippen LogP contribution in [-0.2, 0) is 8.34 Å². The minimum Gasteiger partial charge on any atom is -0.357 e. The molecule has 2 rings (SSSR count). The lowest BCUT2D eigenvalue weighted by Crippen LogP contribution is -2.23. The molecule has 1 aromatic carbocycles. The Hall–Kier alpha value is -0.0900. The Labute approximate surface area is 99.0 Å². The topological polar surface area (TPSA) is 9.23 Å². The lowest BCUT2D eigenvalue weighted by atomic mass is 9.96. The second-order valence-electron chi connectivity index (χ2n) is 4.08. The summed E-state index contributed by atoms with van der Waals surface area (Å²) in [6.45, 7) is 4.42. The molecule has 1 aliphatic heterocycles. The minimum absolute atomic E-state index is 0.113. The highest BCUT2D eigenvalue weighted by Crippen LogP contribution is 2.48. The first-order valence-corrected chi connectivity index (χ1v) is 6.13. The summed E-state index contributed by atoms with van der Waals surface area (Å²) in [5.41, 5.74) is 1.29. The molecule has 1 heterocycles. The molecule has 0 spiro atoms. The molecule has 0 radical (unpaired) electrons. The van der Waals surface area contributed by atoms with Crippen molar-refractivity contribution in [3.8, 4) is 0 Å². The predicted molar refractivity (Wildman–Crippen MR) is 66.5 cm³/mol.